The lowest BCUT2D eigenvalue weighted by Gasteiger charge is -2.37. The largest absolute Gasteiger partial charge is 0.441 e. The number of piperazine rings is 1. The fourth-order valence-electron chi connectivity index (χ4n) is 5.30. The van der Waals surface area contributed by atoms with Gasteiger partial charge in [-0.1, -0.05) is 0 Å². The molecule has 0 radical (unpaired) electrons. The van der Waals surface area contributed by atoms with E-state index in [-0.39, 0.29) is 25.0 Å². The van der Waals surface area contributed by atoms with E-state index in [9.17, 15) is 24.4 Å². The second kappa shape index (κ2) is 9.98. The van der Waals surface area contributed by atoms with Crippen LogP contribution in [-0.4, -0.2) is 98.1 Å². The van der Waals surface area contributed by atoms with Crippen LogP contribution in [0, 0.1) is 15.9 Å². The minimum absolute atomic E-state index is 0.154. The molecule has 0 spiro atoms. The molecule has 5 heterocycles. The van der Waals surface area contributed by atoms with E-state index in [2.05, 4.69) is 24.8 Å². The number of carbonyl (C=O) groups excluding carboxylic acids is 1. The quantitative estimate of drug-likeness (QED) is 0.335. The van der Waals surface area contributed by atoms with Crippen molar-refractivity contribution in [2.45, 2.75) is 25.2 Å². The maximum Gasteiger partial charge on any atom is 0.415 e. The minimum Gasteiger partial charge on any atom is -0.441 e. The third kappa shape index (κ3) is 4.88. The number of halogens is 1. The molecule has 1 N–H and O–H groups in total. The van der Waals surface area contributed by atoms with Crippen LogP contribution in [0.15, 0.2) is 36.8 Å². The van der Waals surface area contributed by atoms with Crippen molar-refractivity contribution in [3.63, 3.8) is 0 Å². The van der Waals surface area contributed by atoms with Crippen LogP contribution in [0.2, 0.25) is 0 Å². The number of fused-ring (bicyclic) bond motifs is 1. The van der Waals surface area contributed by atoms with E-state index < -0.39 is 28.5 Å². The predicted octanol–water partition coefficient (Wildman–Crippen LogP) is 1.68. The summed E-state index contributed by atoms with van der Waals surface area (Å²) >= 11 is 0. The molecule has 1 amide bonds. The second-order valence-electron chi connectivity index (χ2n) is 10.3. The van der Waals surface area contributed by atoms with Gasteiger partial charge in [0, 0.05) is 61.2 Å². The first-order chi connectivity index (χ1) is 19.2. The van der Waals surface area contributed by atoms with Gasteiger partial charge < -0.3 is 29.6 Å². The Bertz CT molecular complexity index is 1420. The van der Waals surface area contributed by atoms with E-state index in [1.807, 2.05) is 6.92 Å². The van der Waals surface area contributed by atoms with Gasteiger partial charge in [0.05, 0.1) is 25.4 Å². The fraction of sp³-hybridized carbons (Fsp3) is 0.440. The second-order valence-corrected chi connectivity index (χ2v) is 10.3. The van der Waals surface area contributed by atoms with Crippen molar-refractivity contribution in [3.05, 3.63) is 52.7 Å². The lowest BCUT2D eigenvalue weighted by molar-refractivity contribution is -0.389. The van der Waals surface area contributed by atoms with E-state index in [0.717, 1.165) is 13.1 Å². The van der Waals surface area contributed by atoms with Crippen molar-refractivity contribution in [3.8, 4) is 17.1 Å². The molecule has 3 aliphatic rings. The smallest absolute Gasteiger partial charge is 0.415 e. The molecule has 2 saturated heterocycles. The summed E-state index contributed by atoms with van der Waals surface area (Å²) in [5, 5.41) is 20.2. The van der Waals surface area contributed by atoms with Crippen molar-refractivity contribution >= 4 is 23.5 Å². The van der Waals surface area contributed by atoms with E-state index in [4.69, 9.17) is 9.47 Å². The van der Waals surface area contributed by atoms with Crippen molar-refractivity contribution in [1.82, 2.24) is 24.4 Å². The highest BCUT2D eigenvalue weighted by molar-refractivity contribution is 5.90. The fourth-order valence-corrected chi connectivity index (χ4v) is 5.30. The summed E-state index contributed by atoms with van der Waals surface area (Å²) in [6, 6.07) is 4.71. The maximum absolute atomic E-state index is 15.0. The number of aromatic nitrogens is 4. The highest BCUT2D eigenvalue weighted by Crippen LogP contribution is 2.32. The summed E-state index contributed by atoms with van der Waals surface area (Å²) in [6.07, 6.45) is 3.30. The van der Waals surface area contributed by atoms with Crippen LogP contribution in [-0.2, 0) is 11.3 Å². The molecule has 3 aromatic rings. The average Bonchev–Trinajstić information content (AvgIpc) is 3.60. The zero-order chi connectivity index (χ0) is 28.0. The van der Waals surface area contributed by atoms with Crippen LogP contribution in [0.4, 0.5) is 26.6 Å². The van der Waals surface area contributed by atoms with E-state index in [1.165, 1.54) is 17.2 Å². The van der Waals surface area contributed by atoms with E-state index >= 15 is 0 Å². The molecule has 1 unspecified atom stereocenters. The molecule has 6 rings (SSSR count). The van der Waals surface area contributed by atoms with Gasteiger partial charge in [0.2, 0.25) is 5.95 Å². The van der Waals surface area contributed by atoms with Gasteiger partial charge in [0.15, 0.2) is 0 Å². The Balaban J connectivity index is 1.04. The minimum atomic E-state index is -0.631. The number of carbonyl (C=O) groups is 1. The lowest BCUT2D eigenvalue weighted by Crippen LogP contribution is -2.53. The number of aliphatic hydroxyl groups is 1. The summed E-state index contributed by atoms with van der Waals surface area (Å²) < 4.78 is 27.6. The van der Waals surface area contributed by atoms with Crippen LogP contribution in [0.25, 0.3) is 11.1 Å². The number of nitrogens with zero attached hydrogens (tertiary/aromatic N) is 8. The van der Waals surface area contributed by atoms with Gasteiger partial charge >= 0.3 is 17.9 Å². The molecular weight excluding hydrogens is 527 g/mol. The third-order valence-corrected chi connectivity index (χ3v) is 7.26. The summed E-state index contributed by atoms with van der Waals surface area (Å²) in [7, 11) is 0. The summed E-state index contributed by atoms with van der Waals surface area (Å²) in [5.41, 5.74) is 0.627. The molecule has 0 saturated carbocycles. The van der Waals surface area contributed by atoms with Crippen LogP contribution >= 0.6 is 0 Å². The molecule has 40 heavy (non-hydrogen) atoms. The van der Waals surface area contributed by atoms with Crippen LogP contribution < -0.4 is 14.5 Å². The SMILES string of the molecule is CC1(CN2CCN(c3ncc(-c4ccc(N5C[C@H](CO)OC5=O)cc4F)cn3)CC2)Cn2cc([N+](=O)[O-])nc2O1. The first-order valence-electron chi connectivity index (χ1n) is 12.8. The highest BCUT2D eigenvalue weighted by atomic mass is 19.1. The molecule has 210 valence electrons. The molecule has 2 fully saturated rings. The number of aliphatic hydroxyl groups excluding tert-OH is 1. The van der Waals surface area contributed by atoms with Crippen LogP contribution in [0.5, 0.6) is 6.01 Å². The summed E-state index contributed by atoms with van der Waals surface area (Å²) in [6.45, 7) is 5.83. The van der Waals surface area contributed by atoms with Crippen molar-refractivity contribution in [2.75, 3.05) is 55.7 Å². The topological polar surface area (TPSA) is 152 Å². The zero-order valence-electron chi connectivity index (χ0n) is 21.6. The predicted molar refractivity (Wildman–Crippen MR) is 139 cm³/mol. The highest BCUT2D eigenvalue weighted by Gasteiger charge is 2.42. The Kier molecular flexibility index (Phi) is 6.46. The normalized spacial score (nSPS) is 22.8. The van der Waals surface area contributed by atoms with Crippen molar-refractivity contribution in [2.24, 2.45) is 0 Å². The van der Waals surface area contributed by atoms with E-state index in [0.29, 0.717) is 48.9 Å². The Morgan fingerprint density at radius 1 is 1.23 bits per heavy atom. The van der Waals surface area contributed by atoms with E-state index in [1.54, 1.807) is 29.1 Å². The number of ether oxygens (including phenoxy) is 2. The van der Waals surface area contributed by atoms with Gasteiger partial charge in [-0.05, 0) is 30.0 Å². The summed E-state index contributed by atoms with van der Waals surface area (Å²) in [5.74, 6) is -0.199. The monoisotopic (exact) mass is 554 g/mol. The van der Waals surface area contributed by atoms with Crippen molar-refractivity contribution in [1.29, 1.82) is 0 Å². The lowest BCUT2D eigenvalue weighted by atomic mass is 10.1. The number of anilines is 2. The van der Waals surface area contributed by atoms with Gasteiger partial charge in [-0.3, -0.25) is 14.4 Å². The molecule has 0 aliphatic carbocycles. The number of hydrogen-bond donors (Lipinski definition) is 1. The maximum atomic E-state index is 15.0. The Morgan fingerprint density at radius 2 is 1.98 bits per heavy atom. The molecule has 0 bridgehead atoms. The number of cyclic esters (lactones) is 1. The Hall–Kier alpha value is -4.37. The van der Waals surface area contributed by atoms with Crippen LogP contribution in [0.1, 0.15) is 6.92 Å². The molecule has 15 heteroatoms. The number of amides is 1. The van der Waals surface area contributed by atoms with Crippen molar-refractivity contribution < 1.29 is 28.7 Å². The average molecular weight is 555 g/mol. The Labute approximate surface area is 227 Å². The van der Waals surface area contributed by atoms with Gasteiger partial charge in [0.1, 0.15) is 23.7 Å². The molecule has 2 aromatic heterocycles. The molecule has 1 aromatic carbocycles. The number of hydrogen-bond acceptors (Lipinski definition) is 11. The van der Waals surface area contributed by atoms with Gasteiger partial charge in [-0.15, -0.1) is 0 Å². The number of nitro groups is 1. The molecule has 3 aliphatic heterocycles. The standard InChI is InChI=1S/C25H27FN8O6/c1-25(15-32-12-21(34(37)38)29-23(32)40-25)14-30-4-6-31(7-5-30)22-27-9-16(10-28-22)19-3-2-17(8-20(19)26)33-11-18(13-35)39-24(33)36/h2-3,8-10,12,18,35H,4-7,11,13-15H2,1H3/t18-,25?/m1/s1. The number of benzene rings is 1. The third-order valence-electron chi connectivity index (χ3n) is 7.26. The number of imidazole rings is 1. The molecule has 14 nitrogen and oxygen atoms in total. The van der Waals surface area contributed by atoms with Crippen LogP contribution in [0.3, 0.4) is 0 Å². The summed E-state index contributed by atoms with van der Waals surface area (Å²) in [4.78, 5) is 40.9. The number of rotatable bonds is 7. The van der Waals surface area contributed by atoms with Gasteiger partial charge in [0.25, 0.3) is 0 Å². The molecular formula is C25H27FN8O6. The van der Waals surface area contributed by atoms with Gasteiger partial charge in [-0.2, -0.15) is 0 Å². The first kappa shape index (κ1) is 25.9. The van der Waals surface area contributed by atoms with Gasteiger partial charge in [-0.25, -0.2) is 19.2 Å². The molecule has 2 atom stereocenters. The zero-order valence-corrected chi connectivity index (χ0v) is 21.6. The Morgan fingerprint density at radius 3 is 2.60 bits per heavy atom. The first-order valence-corrected chi connectivity index (χ1v) is 12.8.